The molecule has 1 aromatic rings. The molecule has 0 aromatic carbocycles. The van der Waals surface area contributed by atoms with Crippen molar-refractivity contribution in [2.75, 3.05) is 5.32 Å². The van der Waals surface area contributed by atoms with Crippen LogP contribution in [0.1, 0.15) is 26.7 Å². The highest BCUT2D eigenvalue weighted by Gasteiger charge is 2.07. The maximum Gasteiger partial charge on any atom is 0.225 e. The van der Waals surface area contributed by atoms with E-state index in [0.29, 0.717) is 18.2 Å². The summed E-state index contributed by atoms with van der Waals surface area (Å²) in [7, 11) is 0. The summed E-state index contributed by atoms with van der Waals surface area (Å²) in [6.07, 6.45) is 3.23. The number of amides is 1. The summed E-state index contributed by atoms with van der Waals surface area (Å²) < 4.78 is 0.905. The van der Waals surface area contributed by atoms with Crippen LogP contribution in [-0.2, 0) is 4.79 Å². The number of aromatic nitrogens is 1. The van der Waals surface area contributed by atoms with E-state index in [1.54, 1.807) is 12.3 Å². The van der Waals surface area contributed by atoms with E-state index < -0.39 is 0 Å². The lowest BCUT2D eigenvalue weighted by Crippen LogP contribution is -2.15. The minimum atomic E-state index is 0.0270. The molecule has 0 aliphatic rings. The van der Waals surface area contributed by atoms with E-state index in [-0.39, 0.29) is 5.91 Å². The highest BCUT2D eigenvalue weighted by atomic mass is 79.9. The van der Waals surface area contributed by atoms with Crippen LogP contribution in [0.15, 0.2) is 22.8 Å². The van der Waals surface area contributed by atoms with Gasteiger partial charge in [0.1, 0.15) is 5.82 Å². The summed E-state index contributed by atoms with van der Waals surface area (Å²) in [5, 5.41) is 2.76. The number of halogens is 1. The third-order valence-electron chi connectivity index (χ3n) is 2.23. The molecule has 1 N–H and O–H groups in total. The molecule has 1 unspecified atom stereocenters. The number of carbonyl (C=O) groups excluding carboxylic acids is 1. The molecule has 0 saturated heterocycles. The molecule has 0 aliphatic carbocycles. The van der Waals surface area contributed by atoms with Crippen molar-refractivity contribution in [3.63, 3.8) is 0 Å². The van der Waals surface area contributed by atoms with Crippen LogP contribution in [0.4, 0.5) is 5.82 Å². The Morgan fingerprint density at radius 3 is 2.87 bits per heavy atom. The first-order chi connectivity index (χ1) is 7.11. The van der Waals surface area contributed by atoms with Crippen LogP contribution in [0.25, 0.3) is 0 Å². The summed E-state index contributed by atoms with van der Waals surface area (Å²) >= 11 is 3.29. The summed E-state index contributed by atoms with van der Waals surface area (Å²) in [6, 6.07) is 3.63. The lowest BCUT2D eigenvalue weighted by Gasteiger charge is -2.08. The molecule has 0 bridgehead atoms. The third-order valence-corrected chi connectivity index (χ3v) is 2.69. The molecule has 1 rings (SSSR count). The van der Waals surface area contributed by atoms with Crippen LogP contribution in [0.3, 0.4) is 0 Å². The quantitative estimate of drug-likeness (QED) is 0.913. The van der Waals surface area contributed by atoms with E-state index in [9.17, 15) is 4.79 Å². The average Bonchev–Trinajstić information content (AvgIpc) is 2.21. The number of hydrogen-bond acceptors (Lipinski definition) is 2. The molecular formula is C11H15BrN2O. The molecule has 0 aliphatic heterocycles. The SMILES string of the molecule is CCC(C)CC(=O)Nc1ccc(Br)cn1. The van der Waals surface area contributed by atoms with Gasteiger partial charge in [0.2, 0.25) is 5.91 Å². The van der Waals surface area contributed by atoms with Crippen molar-refractivity contribution in [1.82, 2.24) is 4.98 Å². The molecule has 1 aromatic heterocycles. The van der Waals surface area contributed by atoms with Gasteiger partial charge in [0.25, 0.3) is 0 Å². The molecule has 1 amide bonds. The summed E-state index contributed by atoms with van der Waals surface area (Å²) in [5.41, 5.74) is 0. The van der Waals surface area contributed by atoms with Crippen molar-refractivity contribution in [3.05, 3.63) is 22.8 Å². The summed E-state index contributed by atoms with van der Waals surface area (Å²) in [4.78, 5) is 15.6. The van der Waals surface area contributed by atoms with Gasteiger partial charge in [0, 0.05) is 17.1 Å². The highest BCUT2D eigenvalue weighted by Crippen LogP contribution is 2.12. The fourth-order valence-corrected chi connectivity index (χ4v) is 1.34. The molecule has 3 nitrogen and oxygen atoms in total. The van der Waals surface area contributed by atoms with Crippen molar-refractivity contribution in [3.8, 4) is 0 Å². The Hall–Kier alpha value is -0.900. The van der Waals surface area contributed by atoms with Crippen LogP contribution in [0.5, 0.6) is 0 Å². The van der Waals surface area contributed by atoms with Gasteiger partial charge in [-0.1, -0.05) is 20.3 Å². The van der Waals surface area contributed by atoms with Crippen LogP contribution >= 0.6 is 15.9 Å². The molecule has 82 valence electrons. The van der Waals surface area contributed by atoms with Gasteiger partial charge in [0.05, 0.1) is 0 Å². The van der Waals surface area contributed by atoms with Crippen LogP contribution < -0.4 is 5.32 Å². The predicted octanol–water partition coefficient (Wildman–Crippen LogP) is 3.22. The second-order valence-corrected chi connectivity index (χ2v) is 4.54. The Labute approximate surface area is 98.4 Å². The fraction of sp³-hybridized carbons (Fsp3) is 0.455. The number of nitrogens with one attached hydrogen (secondary N) is 1. The molecule has 1 heterocycles. The summed E-state index contributed by atoms with van der Waals surface area (Å²) in [6.45, 7) is 4.14. The molecule has 1 atom stereocenters. The van der Waals surface area contributed by atoms with Gasteiger partial charge in [-0.25, -0.2) is 4.98 Å². The smallest absolute Gasteiger partial charge is 0.225 e. The fourth-order valence-electron chi connectivity index (χ4n) is 1.10. The second-order valence-electron chi connectivity index (χ2n) is 3.63. The zero-order chi connectivity index (χ0) is 11.3. The normalized spacial score (nSPS) is 12.2. The predicted molar refractivity (Wildman–Crippen MR) is 64.6 cm³/mol. The zero-order valence-electron chi connectivity index (χ0n) is 8.96. The molecule has 0 fully saturated rings. The van der Waals surface area contributed by atoms with Gasteiger partial charge < -0.3 is 5.32 Å². The van der Waals surface area contributed by atoms with Crippen molar-refractivity contribution < 1.29 is 4.79 Å². The van der Waals surface area contributed by atoms with Gasteiger partial charge in [-0.05, 0) is 34.0 Å². The number of hydrogen-bond donors (Lipinski definition) is 1. The van der Waals surface area contributed by atoms with E-state index in [1.807, 2.05) is 6.07 Å². The van der Waals surface area contributed by atoms with Crippen molar-refractivity contribution in [2.24, 2.45) is 5.92 Å². The number of nitrogens with zero attached hydrogens (tertiary/aromatic N) is 1. The van der Waals surface area contributed by atoms with E-state index in [0.717, 1.165) is 10.9 Å². The first kappa shape index (κ1) is 12.2. The number of carbonyl (C=O) groups is 1. The van der Waals surface area contributed by atoms with Crippen LogP contribution in [0, 0.1) is 5.92 Å². The standard InChI is InChI=1S/C11H15BrN2O/c1-3-8(2)6-11(15)14-10-5-4-9(12)7-13-10/h4-5,7-8H,3,6H2,1-2H3,(H,13,14,15). The number of rotatable bonds is 4. The van der Waals surface area contributed by atoms with Crippen molar-refractivity contribution in [2.45, 2.75) is 26.7 Å². The van der Waals surface area contributed by atoms with Gasteiger partial charge in [-0.2, -0.15) is 0 Å². The molecule has 0 radical (unpaired) electrons. The second kappa shape index (κ2) is 5.85. The minimum absolute atomic E-state index is 0.0270. The molecule has 0 saturated carbocycles. The highest BCUT2D eigenvalue weighted by molar-refractivity contribution is 9.10. The molecule has 4 heteroatoms. The Morgan fingerprint density at radius 2 is 2.33 bits per heavy atom. The number of anilines is 1. The maximum absolute atomic E-state index is 11.5. The van der Waals surface area contributed by atoms with E-state index >= 15 is 0 Å². The van der Waals surface area contributed by atoms with E-state index in [4.69, 9.17) is 0 Å². The lowest BCUT2D eigenvalue weighted by atomic mass is 10.1. The monoisotopic (exact) mass is 270 g/mol. The van der Waals surface area contributed by atoms with E-state index in [1.165, 1.54) is 0 Å². The van der Waals surface area contributed by atoms with Gasteiger partial charge in [0.15, 0.2) is 0 Å². The Balaban J connectivity index is 2.48. The van der Waals surface area contributed by atoms with E-state index in [2.05, 4.69) is 40.1 Å². The topological polar surface area (TPSA) is 42.0 Å². The molecule has 0 spiro atoms. The Morgan fingerprint density at radius 1 is 1.60 bits per heavy atom. The molecule has 15 heavy (non-hydrogen) atoms. The first-order valence-corrected chi connectivity index (χ1v) is 5.82. The van der Waals surface area contributed by atoms with Gasteiger partial charge >= 0.3 is 0 Å². The Kier molecular flexibility index (Phi) is 4.75. The average molecular weight is 271 g/mol. The largest absolute Gasteiger partial charge is 0.311 e. The third kappa shape index (κ3) is 4.42. The van der Waals surface area contributed by atoms with Crippen LogP contribution in [-0.4, -0.2) is 10.9 Å². The van der Waals surface area contributed by atoms with Crippen molar-refractivity contribution in [1.29, 1.82) is 0 Å². The Bertz CT molecular complexity index is 324. The zero-order valence-corrected chi connectivity index (χ0v) is 10.5. The number of pyridine rings is 1. The van der Waals surface area contributed by atoms with Crippen LogP contribution in [0.2, 0.25) is 0 Å². The summed E-state index contributed by atoms with van der Waals surface area (Å²) in [5.74, 6) is 1.05. The van der Waals surface area contributed by atoms with Crippen molar-refractivity contribution >= 4 is 27.7 Å². The van der Waals surface area contributed by atoms with Gasteiger partial charge in [-0.3, -0.25) is 4.79 Å². The lowest BCUT2D eigenvalue weighted by molar-refractivity contribution is -0.117. The maximum atomic E-state index is 11.5. The molecular weight excluding hydrogens is 256 g/mol. The van der Waals surface area contributed by atoms with Gasteiger partial charge in [-0.15, -0.1) is 0 Å². The minimum Gasteiger partial charge on any atom is -0.311 e. The first-order valence-electron chi connectivity index (χ1n) is 5.03.